The zero-order valence-electron chi connectivity index (χ0n) is 35.5. The molecular weight excluding hydrogens is 651 g/mol. The van der Waals surface area contributed by atoms with E-state index in [1.165, 1.54) is 161 Å². The van der Waals surface area contributed by atoms with E-state index in [1.807, 2.05) is 0 Å². The molecule has 0 radical (unpaired) electrons. The van der Waals surface area contributed by atoms with Gasteiger partial charge in [0, 0.05) is 6.42 Å². The number of hydrogen-bond acceptors (Lipinski definition) is 3. The predicted molar refractivity (Wildman–Crippen MR) is 235 cm³/mol. The summed E-state index contributed by atoms with van der Waals surface area (Å²) in [5.74, 6) is -0.0359. The zero-order valence-corrected chi connectivity index (χ0v) is 35.5. The minimum Gasteiger partial charge on any atom is -0.394 e. The van der Waals surface area contributed by atoms with E-state index in [0.29, 0.717) is 12.8 Å². The highest BCUT2D eigenvalue weighted by molar-refractivity contribution is 5.76. The van der Waals surface area contributed by atoms with Gasteiger partial charge in [-0.15, -0.1) is 0 Å². The highest BCUT2D eigenvalue weighted by Gasteiger charge is 2.20. The van der Waals surface area contributed by atoms with Gasteiger partial charge in [-0.1, -0.05) is 229 Å². The fraction of sp³-hybridized carbons (Fsp3) is 0.816. The third kappa shape index (κ3) is 41.4. The number of aliphatic hydroxyl groups is 2. The van der Waals surface area contributed by atoms with Gasteiger partial charge in [0.1, 0.15) is 0 Å². The topological polar surface area (TPSA) is 69.6 Å². The molecule has 0 aromatic heterocycles. The Balaban J connectivity index is 3.52. The summed E-state index contributed by atoms with van der Waals surface area (Å²) in [5.41, 5.74) is 0. The first-order valence-electron chi connectivity index (χ1n) is 23.3. The highest BCUT2D eigenvalue weighted by atomic mass is 16.3. The number of carbonyl (C=O) groups is 1. The van der Waals surface area contributed by atoms with Crippen LogP contribution in [0.2, 0.25) is 0 Å². The van der Waals surface area contributed by atoms with Crippen LogP contribution in [0.3, 0.4) is 0 Å². The van der Waals surface area contributed by atoms with Gasteiger partial charge >= 0.3 is 0 Å². The van der Waals surface area contributed by atoms with Gasteiger partial charge < -0.3 is 15.5 Å². The van der Waals surface area contributed by atoms with E-state index >= 15 is 0 Å². The maximum Gasteiger partial charge on any atom is 0.220 e. The van der Waals surface area contributed by atoms with E-state index in [2.05, 4.69) is 67.8 Å². The molecule has 4 nitrogen and oxygen atoms in total. The Hall–Kier alpha value is -1.65. The molecule has 2 atom stereocenters. The van der Waals surface area contributed by atoms with Crippen LogP contribution >= 0.6 is 0 Å². The molecule has 310 valence electrons. The third-order valence-electron chi connectivity index (χ3n) is 10.6. The number of amides is 1. The molecule has 1 amide bonds. The Bertz CT molecular complexity index is 847. The van der Waals surface area contributed by atoms with E-state index in [4.69, 9.17) is 0 Å². The van der Waals surface area contributed by atoms with Crippen molar-refractivity contribution in [3.8, 4) is 0 Å². The second-order valence-corrected chi connectivity index (χ2v) is 15.8. The van der Waals surface area contributed by atoms with Gasteiger partial charge in [-0.05, 0) is 51.4 Å². The fourth-order valence-electron chi connectivity index (χ4n) is 7.06. The second-order valence-electron chi connectivity index (χ2n) is 15.8. The lowest BCUT2D eigenvalue weighted by Crippen LogP contribution is -2.45. The van der Waals surface area contributed by atoms with Crippen molar-refractivity contribution in [3.05, 3.63) is 48.6 Å². The normalized spacial score (nSPS) is 13.4. The molecule has 0 heterocycles. The molecule has 0 saturated heterocycles. The third-order valence-corrected chi connectivity index (χ3v) is 10.6. The quantitative estimate of drug-likeness (QED) is 0.0431. The van der Waals surface area contributed by atoms with Crippen LogP contribution in [0.1, 0.15) is 239 Å². The van der Waals surface area contributed by atoms with Gasteiger partial charge in [0.05, 0.1) is 18.8 Å². The van der Waals surface area contributed by atoms with E-state index in [-0.39, 0.29) is 12.5 Å². The van der Waals surface area contributed by atoms with E-state index in [9.17, 15) is 15.0 Å². The molecule has 0 aromatic rings. The number of allylic oxidation sites excluding steroid dienone is 8. The van der Waals surface area contributed by atoms with Crippen LogP contribution < -0.4 is 5.32 Å². The average molecular weight is 742 g/mol. The van der Waals surface area contributed by atoms with Crippen LogP contribution in [0.15, 0.2) is 48.6 Å². The number of carbonyl (C=O) groups excluding carboxylic acids is 1. The maximum absolute atomic E-state index is 12.4. The summed E-state index contributed by atoms with van der Waals surface area (Å²) < 4.78 is 0. The van der Waals surface area contributed by atoms with Crippen molar-refractivity contribution in [2.75, 3.05) is 6.61 Å². The molecular formula is C49H91NO3. The van der Waals surface area contributed by atoms with Gasteiger partial charge in [-0.25, -0.2) is 0 Å². The lowest BCUT2D eigenvalue weighted by Gasteiger charge is -2.22. The molecule has 0 aromatic carbocycles. The molecule has 0 saturated carbocycles. The number of rotatable bonds is 42. The molecule has 2 unspecified atom stereocenters. The Morgan fingerprint density at radius 1 is 0.472 bits per heavy atom. The van der Waals surface area contributed by atoms with E-state index in [1.54, 1.807) is 0 Å². The van der Waals surface area contributed by atoms with Gasteiger partial charge in [-0.2, -0.15) is 0 Å². The van der Waals surface area contributed by atoms with Crippen LogP contribution in [0.25, 0.3) is 0 Å². The Morgan fingerprint density at radius 2 is 0.830 bits per heavy atom. The first-order valence-corrected chi connectivity index (χ1v) is 23.3. The molecule has 0 aliphatic heterocycles. The molecule has 53 heavy (non-hydrogen) atoms. The number of unbranched alkanes of at least 4 members (excludes halogenated alkanes) is 27. The monoisotopic (exact) mass is 742 g/mol. The number of aliphatic hydroxyl groups excluding tert-OH is 2. The van der Waals surface area contributed by atoms with E-state index < -0.39 is 12.1 Å². The minimum atomic E-state index is -0.662. The summed E-state index contributed by atoms with van der Waals surface area (Å²) in [6, 6.07) is -0.540. The van der Waals surface area contributed by atoms with Gasteiger partial charge in [0.15, 0.2) is 0 Å². The molecule has 0 bridgehead atoms. The first-order chi connectivity index (χ1) is 26.2. The van der Waals surface area contributed by atoms with Crippen molar-refractivity contribution in [2.24, 2.45) is 0 Å². The lowest BCUT2D eigenvalue weighted by atomic mass is 10.0. The summed E-state index contributed by atoms with van der Waals surface area (Å²) in [6.45, 7) is 4.26. The summed E-state index contributed by atoms with van der Waals surface area (Å²) in [6.07, 6.45) is 60.5. The van der Waals surface area contributed by atoms with Gasteiger partial charge in [-0.3, -0.25) is 4.79 Å². The van der Waals surface area contributed by atoms with Crippen LogP contribution in [-0.2, 0) is 4.79 Å². The van der Waals surface area contributed by atoms with Crippen molar-refractivity contribution in [1.29, 1.82) is 0 Å². The zero-order chi connectivity index (χ0) is 38.6. The van der Waals surface area contributed by atoms with Crippen LogP contribution in [0.4, 0.5) is 0 Å². The second kappa shape index (κ2) is 44.7. The molecule has 0 spiro atoms. The van der Waals surface area contributed by atoms with Crippen molar-refractivity contribution < 1.29 is 15.0 Å². The Labute approximate surface area is 331 Å². The highest BCUT2D eigenvalue weighted by Crippen LogP contribution is 2.16. The summed E-state index contributed by atoms with van der Waals surface area (Å²) in [5, 5.41) is 23.2. The van der Waals surface area contributed by atoms with Crippen molar-refractivity contribution in [3.63, 3.8) is 0 Å². The number of hydrogen-bond donors (Lipinski definition) is 3. The lowest BCUT2D eigenvalue weighted by molar-refractivity contribution is -0.123. The number of nitrogens with one attached hydrogen (secondary N) is 1. The van der Waals surface area contributed by atoms with Gasteiger partial charge in [0.2, 0.25) is 5.91 Å². The van der Waals surface area contributed by atoms with Crippen LogP contribution in [0.5, 0.6) is 0 Å². The van der Waals surface area contributed by atoms with Crippen molar-refractivity contribution >= 4 is 5.91 Å². The standard InChI is InChI=1S/C49H91NO3/c1-3-5-7-9-11-13-15-17-19-21-23-24-25-26-27-29-31-33-35-37-39-41-43-45-49(53)50-47(46-51)48(52)44-42-40-38-36-34-32-30-28-22-20-18-16-14-12-10-8-6-4-2/h5,7,11,13,17,19,23-24,47-48,51-52H,3-4,6,8-10,12,14-16,18,20-22,25-46H2,1-2H3,(H,50,53)/b7-5-,13-11-,19-17-,24-23-. The smallest absolute Gasteiger partial charge is 0.220 e. The molecule has 4 heteroatoms. The molecule has 0 fully saturated rings. The molecule has 0 aliphatic carbocycles. The summed E-state index contributed by atoms with van der Waals surface area (Å²) >= 11 is 0. The summed E-state index contributed by atoms with van der Waals surface area (Å²) in [4.78, 5) is 12.4. The van der Waals surface area contributed by atoms with Crippen LogP contribution in [-0.4, -0.2) is 34.9 Å². The first kappa shape index (κ1) is 51.4. The van der Waals surface area contributed by atoms with Crippen LogP contribution in [0, 0.1) is 0 Å². The fourth-order valence-corrected chi connectivity index (χ4v) is 7.06. The molecule has 3 N–H and O–H groups in total. The van der Waals surface area contributed by atoms with Crippen molar-refractivity contribution in [1.82, 2.24) is 5.32 Å². The largest absolute Gasteiger partial charge is 0.394 e. The SMILES string of the molecule is CC/C=C\C/C=C\C/C=C\C/C=C\CCCCCCCCCCCCC(=O)NC(CO)C(O)CCCCCCCCCCCCCCCCCCCC. The maximum atomic E-state index is 12.4. The molecule has 0 rings (SSSR count). The summed E-state index contributed by atoms with van der Waals surface area (Å²) in [7, 11) is 0. The van der Waals surface area contributed by atoms with Gasteiger partial charge in [0.25, 0.3) is 0 Å². The Kier molecular flexibility index (Phi) is 43.4. The molecule has 0 aliphatic rings. The van der Waals surface area contributed by atoms with Crippen molar-refractivity contribution in [2.45, 2.75) is 251 Å². The van der Waals surface area contributed by atoms with E-state index in [0.717, 1.165) is 51.4 Å². The predicted octanol–water partition coefficient (Wildman–Crippen LogP) is 14.7. The average Bonchev–Trinajstić information content (AvgIpc) is 3.16. The minimum absolute atomic E-state index is 0.0359. The Morgan fingerprint density at radius 3 is 1.25 bits per heavy atom.